The number of esters is 1. The Labute approximate surface area is 104 Å². The van der Waals surface area contributed by atoms with Gasteiger partial charge in [-0.3, -0.25) is 4.79 Å². The highest BCUT2D eigenvalue weighted by Crippen LogP contribution is 2.46. The van der Waals surface area contributed by atoms with Crippen molar-refractivity contribution in [1.82, 2.24) is 5.32 Å². The molecule has 3 fully saturated rings. The number of nitrogens with one attached hydrogen (secondary N) is 1. The minimum Gasteiger partial charge on any atom is -0.462 e. The van der Waals surface area contributed by atoms with Crippen LogP contribution in [0.3, 0.4) is 0 Å². The zero-order valence-corrected chi connectivity index (χ0v) is 11.5. The molecule has 3 aliphatic rings. The molecule has 0 aromatic rings. The van der Waals surface area contributed by atoms with Crippen LogP contribution in [-0.2, 0) is 9.53 Å². The fourth-order valence-electron chi connectivity index (χ4n) is 3.71. The van der Waals surface area contributed by atoms with Gasteiger partial charge in [0, 0.05) is 29.8 Å². The number of carbonyl (C=O) groups is 1. The van der Waals surface area contributed by atoms with Crippen LogP contribution in [0.15, 0.2) is 0 Å². The largest absolute Gasteiger partial charge is 0.462 e. The van der Waals surface area contributed by atoms with Crippen molar-refractivity contribution < 1.29 is 9.53 Å². The van der Waals surface area contributed by atoms with E-state index in [4.69, 9.17) is 4.74 Å². The molecule has 0 spiro atoms. The number of hydrogen-bond acceptors (Lipinski definition) is 3. The molecule has 3 atom stereocenters. The molecule has 3 unspecified atom stereocenters. The number of hydrogen-bond donors (Lipinski definition) is 1. The standard InChI is InChI=1S/C14H25NO2/c1-5-6-12(16)17-11-9-14(4)8-7-10(11)13(2,3)15-14/h10-11,15H,5-9H2,1-4H3. The van der Waals surface area contributed by atoms with Gasteiger partial charge in [0.1, 0.15) is 6.10 Å². The van der Waals surface area contributed by atoms with E-state index in [1.54, 1.807) is 0 Å². The van der Waals surface area contributed by atoms with Crippen LogP contribution in [0, 0.1) is 5.92 Å². The van der Waals surface area contributed by atoms with Gasteiger partial charge >= 0.3 is 5.97 Å². The van der Waals surface area contributed by atoms with E-state index < -0.39 is 0 Å². The molecule has 17 heavy (non-hydrogen) atoms. The molecule has 0 aromatic heterocycles. The summed E-state index contributed by atoms with van der Waals surface area (Å²) in [6.45, 7) is 8.73. The third-order valence-electron chi connectivity index (χ3n) is 4.40. The van der Waals surface area contributed by atoms with E-state index >= 15 is 0 Å². The second-order valence-corrected chi connectivity index (χ2v) is 6.53. The summed E-state index contributed by atoms with van der Waals surface area (Å²) < 4.78 is 5.69. The van der Waals surface area contributed by atoms with Crippen LogP contribution >= 0.6 is 0 Å². The molecule has 3 heteroatoms. The molecule has 2 heterocycles. The van der Waals surface area contributed by atoms with Gasteiger partial charge in [-0.25, -0.2) is 0 Å². The summed E-state index contributed by atoms with van der Waals surface area (Å²) in [7, 11) is 0. The molecule has 1 N–H and O–H groups in total. The van der Waals surface area contributed by atoms with Crippen molar-refractivity contribution in [2.45, 2.75) is 77.0 Å². The monoisotopic (exact) mass is 239 g/mol. The lowest BCUT2D eigenvalue weighted by molar-refractivity contribution is -0.164. The molecular formula is C14H25NO2. The second-order valence-electron chi connectivity index (χ2n) is 6.53. The summed E-state index contributed by atoms with van der Waals surface area (Å²) in [6, 6.07) is 0. The Balaban J connectivity index is 2.07. The lowest BCUT2D eigenvalue weighted by Gasteiger charge is -2.57. The number of piperidine rings is 2. The van der Waals surface area contributed by atoms with Crippen LogP contribution < -0.4 is 5.32 Å². The molecule has 0 aromatic carbocycles. The smallest absolute Gasteiger partial charge is 0.306 e. The molecule has 0 radical (unpaired) electrons. The highest BCUT2D eigenvalue weighted by Gasteiger charge is 2.53. The van der Waals surface area contributed by atoms with Crippen molar-refractivity contribution in [3.63, 3.8) is 0 Å². The van der Waals surface area contributed by atoms with Gasteiger partial charge in [-0.2, -0.15) is 0 Å². The normalized spacial score (nSPS) is 39.1. The molecule has 0 amide bonds. The molecule has 2 aliphatic heterocycles. The highest BCUT2D eigenvalue weighted by atomic mass is 16.5. The first-order chi connectivity index (χ1) is 7.86. The molecule has 3 rings (SSSR count). The van der Waals surface area contributed by atoms with Gasteiger partial charge in [-0.15, -0.1) is 0 Å². The minimum atomic E-state index is -0.0237. The number of fused-ring (bicyclic) bond motifs is 3. The Morgan fingerprint density at radius 3 is 2.65 bits per heavy atom. The molecule has 98 valence electrons. The second kappa shape index (κ2) is 4.27. The quantitative estimate of drug-likeness (QED) is 0.769. The van der Waals surface area contributed by atoms with Gasteiger partial charge in [0.05, 0.1) is 0 Å². The van der Waals surface area contributed by atoms with Gasteiger partial charge in [0.25, 0.3) is 0 Å². The third-order valence-corrected chi connectivity index (χ3v) is 4.40. The van der Waals surface area contributed by atoms with Crippen LogP contribution in [0.5, 0.6) is 0 Å². The maximum absolute atomic E-state index is 11.7. The van der Waals surface area contributed by atoms with Crippen molar-refractivity contribution in [3.8, 4) is 0 Å². The summed E-state index contributed by atoms with van der Waals surface area (Å²) >= 11 is 0. The van der Waals surface area contributed by atoms with Gasteiger partial charge < -0.3 is 10.1 Å². The number of ether oxygens (including phenoxy) is 1. The van der Waals surface area contributed by atoms with Crippen molar-refractivity contribution in [2.75, 3.05) is 0 Å². The number of rotatable bonds is 3. The maximum atomic E-state index is 11.7. The van der Waals surface area contributed by atoms with Crippen LogP contribution in [0.25, 0.3) is 0 Å². The zero-order valence-electron chi connectivity index (χ0n) is 11.5. The Morgan fingerprint density at radius 1 is 1.41 bits per heavy atom. The fourth-order valence-corrected chi connectivity index (χ4v) is 3.71. The van der Waals surface area contributed by atoms with E-state index in [1.165, 1.54) is 12.8 Å². The van der Waals surface area contributed by atoms with E-state index in [2.05, 4.69) is 26.1 Å². The molecule has 1 saturated carbocycles. The first-order valence-corrected chi connectivity index (χ1v) is 6.85. The van der Waals surface area contributed by atoms with Crippen LogP contribution in [0.1, 0.15) is 59.8 Å². The SMILES string of the molecule is CCCC(=O)OC1CC2(C)CCC1C(C)(C)N2. The average molecular weight is 239 g/mol. The Hall–Kier alpha value is -0.570. The van der Waals surface area contributed by atoms with E-state index in [0.717, 1.165) is 12.8 Å². The highest BCUT2D eigenvalue weighted by molar-refractivity contribution is 5.69. The predicted octanol–water partition coefficient (Wildman–Crippen LogP) is 2.64. The molecule has 3 nitrogen and oxygen atoms in total. The Morgan fingerprint density at radius 2 is 2.12 bits per heavy atom. The summed E-state index contributed by atoms with van der Waals surface area (Å²) in [5, 5.41) is 3.71. The summed E-state index contributed by atoms with van der Waals surface area (Å²) in [4.78, 5) is 11.7. The zero-order chi connectivity index (χ0) is 12.7. The topological polar surface area (TPSA) is 38.3 Å². The summed E-state index contributed by atoms with van der Waals surface area (Å²) in [5.74, 6) is 0.439. The first kappa shape index (κ1) is 12.9. The van der Waals surface area contributed by atoms with E-state index in [-0.39, 0.29) is 23.2 Å². The third kappa shape index (κ3) is 2.49. The summed E-state index contributed by atoms with van der Waals surface area (Å²) in [6.07, 6.45) is 4.87. The van der Waals surface area contributed by atoms with Gasteiger partial charge in [0.15, 0.2) is 0 Å². The molecule has 1 aliphatic carbocycles. The Kier molecular flexibility index (Phi) is 3.23. The van der Waals surface area contributed by atoms with Gasteiger partial charge in [-0.1, -0.05) is 6.92 Å². The predicted molar refractivity (Wildman–Crippen MR) is 67.7 cm³/mol. The molecular weight excluding hydrogens is 214 g/mol. The van der Waals surface area contributed by atoms with Crippen LogP contribution in [-0.4, -0.2) is 23.2 Å². The van der Waals surface area contributed by atoms with E-state index in [9.17, 15) is 4.79 Å². The first-order valence-electron chi connectivity index (χ1n) is 6.85. The van der Waals surface area contributed by atoms with Crippen LogP contribution in [0.2, 0.25) is 0 Å². The van der Waals surface area contributed by atoms with Gasteiger partial charge in [0.2, 0.25) is 0 Å². The van der Waals surface area contributed by atoms with Crippen molar-refractivity contribution in [3.05, 3.63) is 0 Å². The lowest BCUT2D eigenvalue weighted by atomic mass is 9.63. The minimum absolute atomic E-state index is 0.0237. The lowest BCUT2D eigenvalue weighted by Crippen LogP contribution is -2.69. The molecule has 2 bridgehead atoms. The number of carbonyl (C=O) groups excluding carboxylic acids is 1. The molecule has 2 saturated heterocycles. The van der Waals surface area contributed by atoms with Crippen molar-refractivity contribution in [1.29, 1.82) is 0 Å². The van der Waals surface area contributed by atoms with Crippen molar-refractivity contribution >= 4 is 5.97 Å². The fraction of sp³-hybridized carbons (Fsp3) is 0.929. The van der Waals surface area contributed by atoms with Gasteiger partial charge in [-0.05, 0) is 40.0 Å². The van der Waals surface area contributed by atoms with Crippen LogP contribution in [0.4, 0.5) is 0 Å². The maximum Gasteiger partial charge on any atom is 0.306 e. The summed E-state index contributed by atoms with van der Waals surface area (Å²) in [5.41, 5.74) is 0.234. The Bertz CT molecular complexity index is 311. The van der Waals surface area contributed by atoms with E-state index in [1.807, 2.05) is 6.92 Å². The van der Waals surface area contributed by atoms with Crippen molar-refractivity contribution in [2.24, 2.45) is 5.92 Å². The van der Waals surface area contributed by atoms with E-state index in [0.29, 0.717) is 12.3 Å². The average Bonchev–Trinajstić information content (AvgIpc) is 2.14.